The lowest BCUT2D eigenvalue weighted by Gasteiger charge is -2.40. The van der Waals surface area contributed by atoms with Crippen LogP contribution in [0, 0.1) is 18.7 Å². The van der Waals surface area contributed by atoms with Crippen LogP contribution in [-0.4, -0.2) is 47.4 Å². The summed E-state index contributed by atoms with van der Waals surface area (Å²) in [5.74, 6) is -0.358. The molecular weight excluding hydrogens is 395 g/mol. The summed E-state index contributed by atoms with van der Waals surface area (Å²) < 4.78 is 38.7. The Bertz CT molecular complexity index is 985. The number of likely N-dealkylation sites (tertiary alicyclic amines) is 1. The molecule has 156 valence electrons. The molecule has 0 saturated carbocycles. The number of sulfone groups is 1. The van der Waals surface area contributed by atoms with Crippen molar-refractivity contribution in [3.05, 3.63) is 47.9 Å². The molecule has 1 aliphatic heterocycles. The summed E-state index contributed by atoms with van der Waals surface area (Å²) in [7, 11) is -3.73. The number of piperidine rings is 1. The lowest BCUT2D eigenvalue weighted by molar-refractivity contribution is 0.171. The minimum Gasteiger partial charge on any atom is -0.324 e. The van der Waals surface area contributed by atoms with E-state index in [1.807, 2.05) is 6.92 Å². The van der Waals surface area contributed by atoms with Crippen LogP contribution < -0.4 is 5.32 Å². The van der Waals surface area contributed by atoms with Crippen LogP contribution in [0.3, 0.4) is 0 Å². The van der Waals surface area contributed by atoms with Crippen LogP contribution in [-0.2, 0) is 9.84 Å². The number of nitrogens with one attached hydrogen (secondary N) is 1. The summed E-state index contributed by atoms with van der Waals surface area (Å²) in [6, 6.07) is 8.26. The van der Waals surface area contributed by atoms with Gasteiger partial charge in [-0.05, 0) is 69.9 Å². The highest BCUT2D eigenvalue weighted by molar-refractivity contribution is 7.92. The first-order chi connectivity index (χ1) is 13.6. The van der Waals surface area contributed by atoms with E-state index in [0.717, 1.165) is 11.8 Å². The summed E-state index contributed by atoms with van der Waals surface area (Å²) in [5, 5.41) is 10.5. The molecule has 0 aliphatic carbocycles. The fourth-order valence-corrected chi connectivity index (χ4v) is 5.40. The zero-order valence-electron chi connectivity index (χ0n) is 16.7. The number of aromatic nitrogens is 2. The molecule has 0 bridgehead atoms. The highest BCUT2D eigenvalue weighted by Gasteiger charge is 2.44. The maximum absolute atomic E-state index is 13.5. The summed E-state index contributed by atoms with van der Waals surface area (Å²) in [4.78, 5) is 14.1. The van der Waals surface area contributed by atoms with Crippen LogP contribution in [0.2, 0.25) is 0 Å². The van der Waals surface area contributed by atoms with E-state index in [-0.39, 0.29) is 16.8 Å². The highest BCUT2D eigenvalue weighted by atomic mass is 32.2. The number of aryl methyl sites for hydroxylation is 1. The van der Waals surface area contributed by atoms with Crippen molar-refractivity contribution in [2.24, 2.45) is 5.92 Å². The van der Waals surface area contributed by atoms with E-state index in [1.165, 1.54) is 18.2 Å². The number of benzene rings is 1. The molecule has 2 aromatic rings. The number of halogens is 1. The number of hydrogen-bond acceptors (Lipinski definition) is 5. The van der Waals surface area contributed by atoms with Crippen LogP contribution in [0.5, 0.6) is 0 Å². The number of nitrogens with zero attached hydrogens (tertiary/aromatic N) is 3. The molecule has 1 fully saturated rings. The van der Waals surface area contributed by atoms with Gasteiger partial charge >= 0.3 is 6.03 Å². The van der Waals surface area contributed by atoms with Crippen molar-refractivity contribution in [3.63, 3.8) is 0 Å². The standard InChI is InChI=1S/C20H25FN4O3S/c1-14-7-8-18(24-23-14)22-19(26)25-11-9-15(10-12-25)20(2,3)29(27,28)17-6-4-5-16(21)13-17/h4-8,13,15H,9-12H2,1-3H3,(H,22,24,26). The van der Waals surface area contributed by atoms with Crippen LogP contribution in [0.25, 0.3) is 0 Å². The Hall–Kier alpha value is -2.55. The Morgan fingerprint density at radius 1 is 1.17 bits per heavy atom. The normalized spacial score (nSPS) is 15.9. The zero-order chi connectivity index (χ0) is 21.2. The van der Waals surface area contributed by atoms with Crippen LogP contribution in [0.1, 0.15) is 32.4 Å². The molecule has 0 atom stereocenters. The van der Waals surface area contributed by atoms with Crippen molar-refractivity contribution in [1.82, 2.24) is 15.1 Å². The second-order valence-electron chi connectivity index (χ2n) is 7.82. The minimum absolute atomic E-state index is 0.0133. The molecular formula is C20H25FN4O3S. The Morgan fingerprint density at radius 3 is 2.45 bits per heavy atom. The zero-order valence-corrected chi connectivity index (χ0v) is 17.5. The van der Waals surface area contributed by atoms with Gasteiger partial charge in [0.1, 0.15) is 5.82 Å². The van der Waals surface area contributed by atoms with E-state index in [0.29, 0.717) is 31.7 Å². The van der Waals surface area contributed by atoms with Crippen LogP contribution >= 0.6 is 0 Å². The Labute approximate surface area is 170 Å². The van der Waals surface area contributed by atoms with Gasteiger partial charge in [-0.2, -0.15) is 5.10 Å². The summed E-state index contributed by atoms with van der Waals surface area (Å²) >= 11 is 0. The highest BCUT2D eigenvalue weighted by Crippen LogP contribution is 2.38. The second kappa shape index (κ2) is 8.06. The van der Waals surface area contributed by atoms with Gasteiger partial charge in [-0.15, -0.1) is 5.10 Å². The quantitative estimate of drug-likeness (QED) is 0.818. The van der Waals surface area contributed by atoms with Crippen LogP contribution in [0.4, 0.5) is 15.0 Å². The molecule has 0 radical (unpaired) electrons. The third-order valence-corrected chi connectivity index (χ3v) is 8.19. The first-order valence-corrected chi connectivity index (χ1v) is 11.0. The minimum atomic E-state index is -3.73. The predicted molar refractivity (Wildman–Crippen MR) is 108 cm³/mol. The molecule has 1 aliphatic rings. The average molecular weight is 421 g/mol. The van der Waals surface area contributed by atoms with E-state index < -0.39 is 20.4 Å². The molecule has 0 spiro atoms. The third-order valence-electron chi connectivity index (χ3n) is 5.60. The van der Waals surface area contributed by atoms with Crippen molar-refractivity contribution >= 4 is 21.7 Å². The van der Waals surface area contributed by atoms with Gasteiger partial charge in [-0.25, -0.2) is 17.6 Å². The molecule has 2 heterocycles. The lowest BCUT2D eigenvalue weighted by Crippen LogP contribution is -2.48. The van der Waals surface area contributed by atoms with Crippen molar-refractivity contribution in [2.45, 2.75) is 43.3 Å². The molecule has 0 unspecified atom stereocenters. The first-order valence-electron chi connectivity index (χ1n) is 9.48. The van der Waals surface area contributed by atoms with Gasteiger partial charge in [0.05, 0.1) is 15.3 Å². The number of carbonyl (C=O) groups is 1. The number of urea groups is 1. The summed E-state index contributed by atoms with van der Waals surface area (Å²) in [6.45, 7) is 6.02. The van der Waals surface area contributed by atoms with Gasteiger partial charge < -0.3 is 4.90 Å². The fraction of sp³-hybridized carbons (Fsp3) is 0.450. The van der Waals surface area contributed by atoms with Gasteiger partial charge in [0, 0.05) is 13.1 Å². The molecule has 1 aromatic heterocycles. The molecule has 1 aromatic carbocycles. The maximum Gasteiger partial charge on any atom is 0.323 e. The fourth-order valence-electron chi connectivity index (χ4n) is 3.59. The molecule has 7 nitrogen and oxygen atoms in total. The van der Waals surface area contributed by atoms with E-state index in [2.05, 4.69) is 15.5 Å². The topological polar surface area (TPSA) is 92.3 Å². The molecule has 29 heavy (non-hydrogen) atoms. The monoisotopic (exact) mass is 420 g/mol. The van der Waals surface area contributed by atoms with E-state index >= 15 is 0 Å². The van der Waals surface area contributed by atoms with Gasteiger partial charge in [0.2, 0.25) is 0 Å². The van der Waals surface area contributed by atoms with Crippen molar-refractivity contribution in [1.29, 1.82) is 0 Å². The predicted octanol–water partition coefficient (Wildman–Crippen LogP) is 3.42. The Balaban J connectivity index is 1.66. The smallest absolute Gasteiger partial charge is 0.323 e. The largest absolute Gasteiger partial charge is 0.324 e. The number of carbonyl (C=O) groups excluding carboxylic acids is 1. The molecule has 9 heteroatoms. The van der Waals surface area contributed by atoms with Crippen molar-refractivity contribution < 1.29 is 17.6 Å². The number of hydrogen-bond donors (Lipinski definition) is 1. The molecule has 1 N–H and O–H groups in total. The average Bonchev–Trinajstić information content (AvgIpc) is 2.69. The summed E-state index contributed by atoms with van der Waals surface area (Å²) in [5.41, 5.74) is 0.755. The SMILES string of the molecule is Cc1ccc(NC(=O)N2CCC(C(C)(C)S(=O)(=O)c3cccc(F)c3)CC2)nn1. The van der Waals surface area contributed by atoms with Gasteiger partial charge in [0.25, 0.3) is 0 Å². The second-order valence-corrected chi connectivity index (χ2v) is 10.3. The number of anilines is 1. The molecule has 3 rings (SSSR count). The van der Waals surface area contributed by atoms with E-state index in [9.17, 15) is 17.6 Å². The van der Waals surface area contributed by atoms with Crippen molar-refractivity contribution in [3.8, 4) is 0 Å². The van der Waals surface area contributed by atoms with E-state index in [4.69, 9.17) is 0 Å². The summed E-state index contributed by atoms with van der Waals surface area (Å²) in [6.07, 6.45) is 1.07. The van der Waals surface area contributed by atoms with Crippen molar-refractivity contribution in [2.75, 3.05) is 18.4 Å². The number of rotatable bonds is 4. The van der Waals surface area contributed by atoms with E-state index in [1.54, 1.807) is 30.9 Å². The Morgan fingerprint density at radius 2 is 1.86 bits per heavy atom. The Kier molecular flexibility index (Phi) is 5.88. The maximum atomic E-state index is 13.5. The first kappa shape index (κ1) is 21.2. The van der Waals surface area contributed by atoms with Crippen LogP contribution in [0.15, 0.2) is 41.3 Å². The lowest BCUT2D eigenvalue weighted by atomic mass is 9.86. The van der Waals surface area contributed by atoms with Gasteiger partial charge in [-0.3, -0.25) is 5.32 Å². The molecule has 1 saturated heterocycles. The third kappa shape index (κ3) is 4.39. The number of amides is 2. The molecule has 2 amide bonds. The van der Waals surface area contributed by atoms with Gasteiger partial charge in [-0.1, -0.05) is 6.07 Å². The van der Waals surface area contributed by atoms with Gasteiger partial charge in [0.15, 0.2) is 15.7 Å².